The molecule has 0 radical (unpaired) electrons. The van der Waals surface area contributed by atoms with Crippen LogP contribution in [0.2, 0.25) is 0 Å². The number of hydrogen-bond donors (Lipinski definition) is 1. The Kier molecular flexibility index (Phi) is 6.44. The van der Waals surface area contributed by atoms with E-state index in [1.54, 1.807) is 13.3 Å². The number of piperidine rings is 1. The minimum Gasteiger partial charge on any atom is -0.497 e. The van der Waals surface area contributed by atoms with Crippen molar-refractivity contribution in [2.24, 2.45) is 0 Å². The van der Waals surface area contributed by atoms with E-state index < -0.39 is 0 Å². The largest absolute Gasteiger partial charge is 0.497 e. The maximum Gasteiger partial charge on any atom is 0.128 e. The molecule has 2 aromatic heterocycles. The topological polar surface area (TPSA) is 87.0 Å². The van der Waals surface area contributed by atoms with Crippen molar-refractivity contribution in [3.8, 4) is 23.1 Å². The van der Waals surface area contributed by atoms with E-state index in [4.69, 9.17) is 15.0 Å². The third kappa shape index (κ3) is 4.87. The summed E-state index contributed by atoms with van der Waals surface area (Å²) in [6.07, 6.45) is 6.26. The first-order valence-corrected chi connectivity index (χ1v) is 12.0. The molecule has 7 nitrogen and oxygen atoms in total. The molecule has 0 saturated carbocycles. The Labute approximate surface area is 205 Å². The van der Waals surface area contributed by atoms with Gasteiger partial charge in [-0.1, -0.05) is 13.0 Å². The van der Waals surface area contributed by atoms with Gasteiger partial charge in [0.25, 0.3) is 0 Å². The number of nitrogens with one attached hydrogen (secondary N) is 1. The van der Waals surface area contributed by atoms with Crippen LogP contribution in [0.15, 0.2) is 60.9 Å². The predicted octanol–water partition coefficient (Wildman–Crippen LogP) is 5.22. The molecule has 4 aromatic rings. The molecule has 7 heteroatoms. The second kappa shape index (κ2) is 9.98. The van der Waals surface area contributed by atoms with Crippen LogP contribution >= 0.6 is 0 Å². The third-order valence-corrected chi connectivity index (χ3v) is 6.53. The maximum atomic E-state index is 9.01. The molecule has 1 N–H and O–H groups in total. The molecule has 0 aliphatic carbocycles. The van der Waals surface area contributed by atoms with E-state index in [0.29, 0.717) is 11.6 Å². The molecule has 176 valence electrons. The van der Waals surface area contributed by atoms with E-state index in [0.717, 1.165) is 77.5 Å². The van der Waals surface area contributed by atoms with Gasteiger partial charge in [-0.3, -0.25) is 0 Å². The summed E-state index contributed by atoms with van der Waals surface area (Å²) in [5, 5.41) is 15.1. The van der Waals surface area contributed by atoms with Crippen LogP contribution in [0.4, 0.5) is 11.5 Å². The van der Waals surface area contributed by atoms with Crippen LogP contribution in [-0.4, -0.2) is 41.2 Å². The summed E-state index contributed by atoms with van der Waals surface area (Å²) in [7, 11) is 1.70. The molecule has 1 saturated heterocycles. The molecule has 1 aliphatic rings. The van der Waals surface area contributed by atoms with Crippen LogP contribution in [0, 0.1) is 11.3 Å². The van der Waals surface area contributed by atoms with Crippen molar-refractivity contribution in [1.82, 2.24) is 15.0 Å². The number of anilines is 2. The highest BCUT2D eigenvalue weighted by molar-refractivity contribution is 5.98. The van der Waals surface area contributed by atoms with Crippen LogP contribution in [0.1, 0.15) is 31.2 Å². The molecule has 2 aromatic carbocycles. The van der Waals surface area contributed by atoms with E-state index in [9.17, 15) is 0 Å². The Bertz CT molecular complexity index is 1370. The molecular formula is C28H28N6O. The lowest BCUT2D eigenvalue weighted by Crippen LogP contribution is -2.39. The van der Waals surface area contributed by atoms with Crippen LogP contribution < -0.4 is 15.0 Å². The van der Waals surface area contributed by atoms with Crippen molar-refractivity contribution in [3.05, 3.63) is 72.3 Å². The summed E-state index contributed by atoms with van der Waals surface area (Å²) in [6, 6.07) is 18.8. The van der Waals surface area contributed by atoms with Gasteiger partial charge in [0.05, 0.1) is 18.4 Å². The number of pyridine rings is 1. The molecule has 0 spiro atoms. The number of nitriles is 1. The third-order valence-electron chi connectivity index (χ3n) is 6.53. The average molecular weight is 465 g/mol. The second-order valence-electron chi connectivity index (χ2n) is 8.75. The fraction of sp³-hybridized carbons (Fsp3) is 0.286. The second-order valence-corrected chi connectivity index (χ2v) is 8.75. The van der Waals surface area contributed by atoms with Gasteiger partial charge in [0.2, 0.25) is 0 Å². The highest BCUT2D eigenvalue weighted by Crippen LogP contribution is 2.34. The minimum atomic E-state index is 0.339. The fourth-order valence-corrected chi connectivity index (χ4v) is 4.57. The SMILES string of the molecule is CCc1nccc(-c2cc(NC3CCN(c4ccc(C#N)cn4)CC3)c3cc(OC)ccc3c2)n1. The predicted molar refractivity (Wildman–Crippen MR) is 139 cm³/mol. The van der Waals surface area contributed by atoms with Gasteiger partial charge in [0.1, 0.15) is 23.5 Å². The van der Waals surface area contributed by atoms with Gasteiger partial charge in [-0.2, -0.15) is 5.26 Å². The van der Waals surface area contributed by atoms with Crippen molar-refractivity contribution in [3.63, 3.8) is 0 Å². The van der Waals surface area contributed by atoms with Gasteiger partial charge in [-0.25, -0.2) is 15.0 Å². The Balaban J connectivity index is 1.41. The lowest BCUT2D eigenvalue weighted by atomic mass is 9.99. The van der Waals surface area contributed by atoms with Crippen molar-refractivity contribution < 1.29 is 4.74 Å². The number of fused-ring (bicyclic) bond motifs is 1. The van der Waals surface area contributed by atoms with Gasteiger partial charge in [-0.15, -0.1) is 0 Å². The zero-order valence-corrected chi connectivity index (χ0v) is 20.0. The lowest BCUT2D eigenvalue weighted by Gasteiger charge is -2.34. The van der Waals surface area contributed by atoms with E-state index in [2.05, 4.69) is 57.4 Å². The molecule has 1 fully saturated rings. The van der Waals surface area contributed by atoms with Gasteiger partial charge in [0.15, 0.2) is 0 Å². The standard InChI is InChI=1S/C28H28N6O/c1-3-27-30-11-8-25(33-27)21-14-20-5-6-23(35-2)16-24(20)26(15-21)32-22-9-12-34(13-10-22)28-7-4-19(17-29)18-31-28/h4-8,11,14-16,18,22,32H,3,9-10,12-13H2,1-2H3. The summed E-state index contributed by atoms with van der Waals surface area (Å²) in [4.78, 5) is 15.8. The van der Waals surface area contributed by atoms with Crippen molar-refractivity contribution >= 4 is 22.3 Å². The molecule has 0 atom stereocenters. The molecule has 35 heavy (non-hydrogen) atoms. The van der Waals surface area contributed by atoms with Gasteiger partial charge in [-0.05, 0) is 60.7 Å². The maximum absolute atomic E-state index is 9.01. The van der Waals surface area contributed by atoms with Gasteiger partial charge < -0.3 is 15.0 Å². The lowest BCUT2D eigenvalue weighted by molar-refractivity contribution is 0.415. The van der Waals surface area contributed by atoms with Crippen molar-refractivity contribution in [1.29, 1.82) is 5.26 Å². The molecule has 1 aliphatic heterocycles. The number of ether oxygens (including phenoxy) is 1. The molecule has 0 unspecified atom stereocenters. The number of hydrogen-bond acceptors (Lipinski definition) is 7. The molecular weight excluding hydrogens is 436 g/mol. The first-order chi connectivity index (χ1) is 17.2. The number of benzene rings is 2. The monoisotopic (exact) mass is 464 g/mol. The van der Waals surface area contributed by atoms with Crippen LogP contribution in [-0.2, 0) is 6.42 Å². The van der Waals surface area contributed by atoms with E-state index >= 15 is 0 Å². The van der Waals surface area contributed by atoms with Crippen molar-refractivity contribution in [2.45, 2.75) is 32.2 Å². The van der Waals surface area contributed by atoms with E-state index in [1.807, 2.05) is 30.5 Å². The summed E-state index contributed by atoms with van der Waals surface area (Å²) >= 11 is 0. The van der Waals surface area contributed by atoms with Gasteiger partial charge >= 0.3 is 0 Å². The molecule has 0 bridgehead atoms. The molecule has 0 amide bonds. The van der Waals surface area contributed by atoms with Crippen molar-refractivity contribution in [2.75, 3.05) is 30.4 Å². The Morgan fingerprint density at radius 1 is 1.09 bits per heavy atom. The number of methoxy groups -OCH3 is 1. The summed E-state index contributed by atoms with van der Waals surface area (Å²) in [5.74, 6) is 2.61. The number of aromatic nitrogens is 3. The minimum absolute atomic E-state index is 0.339. The first-order valence-electron chi connectivity index (χ1n) is 12.0. The van der Waals surface area contributed by atoms with Gasteiger partial charge in [0, 0.05) is 54.6 Å². The molecule has 3 heterocycles. The Hall–Kier alpha value is -4.18. The summed E-state index contributed by atoms with van der Waals surface area (Å²) in [6.45, 7) is 3.88. The quantitative estimate of drug-likeness (QED) is 0.419. The Morgan fingerprint density at radius 2 is 1.94 bits per heavy atom. The highest BCUT2D eigenvalue weighted by atomic mass is 16.5. The van der Waals surface area contributed by atoms with E-state index in [-0.39, 0.29) is 0 Å². The zero-order valence-electron chi connectivity index (χ0n) is 20.0. The van der Waals surface area contributed by atoms with Crippen LogP contribution in [0.5, 0.6) is 5.75 Å². The van der Waals surface area contributed by atoms with E-state index in [1.165, 1.54) is 0 Å². The zero-order chi connectivity index (χ0) is 24.2. The number of nitrogens with zero attached hydrogens (tertiary/aromatic N) is 5. The fourth-order valence-electron chi connectivity index (χ4n) is 4.57. The summed E-state index contributed by atoms with van der Waals surface area (Å²) < 4.78 is 5.51. The normalized spacial score (nSPS) is 14.0. The Morgan fingerprint density at radius 3 is 2.66 bits per heavy atom. The van der Waals surface area contributed by atoms with Crippen LogP contribution in [0.25, 0.3) is 22.0 Å². The average Bonchev–Trinajstić information content (AvgIpc) is 2.93. The number of rotatable bonds is 6. The smallest absolute Gasteiger partial charge is 0.128 e. The molecule has 5 rings (SSSR count). The number of aryl methyl sites for hydroxylation is 1. The summed E-state index contributed by atoms with van der Waals surface area (Å²) in [5.41, 5.74) is 3.67. The van der Waals surface area contributed by atoms with Crippen LogP contribution in [0.3, 0.4) is 0 Å². The first kappa shape index (κ1) is 22.6. The highest BCUT2D eigenvalue weighted by Gasteiger charge is 2.21.